The van der Waals surface area contributed by atoms with E-state index in [1.54, 1.807) is 6.07 Å². The van der Waals surface area contributed by atoms with Crippen LogP contribution >= 0.6 is 15.9 Å². The van der Waals surface area contributed by atoms with Crippen LogP contribution in [0.2, 0.25) is 0 Å². The van der Waals surface area contributed by atoms with Crippen molar-refractivity contribution < 1.29 is 24.2 Å². The lowest BCUT2D eigenvalue weighted by molar-refractivity contribution is -0.159. The summed E-state index contributed by atoms with van der Waals surface area (Å²) >= 11 is 3.24. The molecule has 100 valence electrons. The Balaban J connectivity index is 2.21. The van der Waals surface area contributed by atoms with Crippen LogP contribution in [0, 0.1) is 0 Å². The van der Waals surface area contributed by atoms with Gasteiger partial charge in [0.05, 0.1) is 12.1 Å². The number of nitrogens with zero attached hydrogens (tertiary/aromatic N) is 1. The third-order valence-corrected chi connectivity index (χ3v) is 3.42. The van der Waals surface area contributed by atoms with Gasteiger partial charge in [-0.05, 0) is 17.7 Å². The summed E-state index contributed by atoms with van der Waals surface area (Å²) in [6.07, 6.45) is 0. The highest BCUT2D eigenvalue weighted by molar-refractivity contribution is 9.10. The third kappa shape index (κ3) is 2.99. The van der Waals surface area contributed by atoms with Gasteiger partial charge in [0.25, 0.3) is 11.8 Å². The predicted molar refractivity (Wildman–Crippen MR) is 67.5 cm³/mol. The summed E-state index contributed by atoms with van der Waals surface area (Å²) in [4.78, 5) is 35.0. The molecule has 19 heavy (non-hydrogen) atoms. The first-order valence-corrected chi connectivity index (χ1v) is 6.21. The smallest absolute Gasteiger partial charge is 0.335 e. The quantitative estimate of drug-likeness (QED) is 0.838. The van der Waals surface area contributed by atoms with E-state index in [2.05, 4.69) is 15.9 Å². The molecule has 2 amide bonds. The second-order valence-corrected chi connectivity index (χ2v) is 4.83. The number of imide groups is 1. The van der Waals surface area contributed by atoms with Crippen LogP contribution in [0.5, 0.6) is 0 Å². The third-order valence-electron chi connectivity index (χ3n) is 2.68. The second-order valence-electron chi connectivity index (χ2n) is 3.98. The van der Waals surface area contributed by atoms with Gasteiger partial charge in [-0.3, -0.25) is 14.5 Å². The van der Waals surface area contributed by atoms with Crippen LogP contribution < -0.4 is 0 Å². The molecule has 0 spiro atoms. The Kier molecular flexibility index (Phi) is 3.96. The van der Waals surface area contributed by atoms with Gasteiger partial charge in [-0.15, -0.1) is 0 Å². The molecule has 1 aliphatic rings. The fourth-order valence-corrected chi connectivity index (χ4v) is 2.18. The number of hydrogen-bond acceptors (Lipinski definition) is 4. The van der Waals surface area contributed by atoms with E-state index in [0.29, 0.717) is 10.0 Å². The molecule has 1 saturated heterocycles. The SMILES string of the molecule is O=C(O)c1ccc(CN2C(=O)COCC2=O)c(Br)c1. The van der Waals surface area contributed by atoms with Gasteiger partial charge >= 0.3 is 5.97 Å². The maximum atomic E-state index is 11.6. The molecule has 0 atom stereocenters. The van der Waals surface area contributed by atoms with Gasteiger partial charge < -0.3 is 9.84 Å². The van der Waals surface area contributed by atoms with Crippen molar-refractivity contribution in [1.29, 1.82) is 0 Å². The van der Waals surface area contributed by atoms with Gasteiger partial charge in [0, 0.05) is 4.47 Å². The van der Waals surface area contributed by atoms with Gasteiger partial charge in [-0.2, -0.15) is 0 Å². The van der Waals surface area contributed by atoms with Crippen molar-refractivity contribution >= 4 is 33.7 Å². The Labute approximate surface area is 117 Å². The average Bonchev–Trinajstić information content (AvgIpc) is 2.35. The zero-order valence-corrected chi connectivity index (χ0v) is 11.3. The molecule has 0 aromatic heterocycles. The highest BCUT2D eigenvalue weighted by Crippen LogP contribution is 2.21. The van der Waals surface area contributed by atoms with E-state index < -0.39 is 17.8 Å². The molecule has 1 fully saturated rings. The van der Waals surface area contributed by atoms with Crippen molar-refractivity contribution in [3.05, 3.63) is 33.8 Å². The Bertz CT molecular complexity index is 541. The summed E-state index contributed by atoms with van der Waals surface area (Å²) in [5.41, 5.74) is 0.795. The number of rotatable bonds is 3. The van der Waals surface area contributed by atoms with E-state index >= 15 is 0 Å². The first-order chi connectivity index (χ1) is 8.99. The van der Waals surface area contributed by atoms with E-state index in [1.807, 2.05) is 0 Å². The first kappa shape index (κ1) is 13.7. The van der Waals surface area contributed by atoms with Crippen molar-refractivity contribution in [1.82, 2.24) is 4.90 Å². The van der Waals surface area contributed by atoms with Crippen LogP contribution in [-0.4, -0.2) is 41.0 Å². The van der Waals surface area contributed by atoms with E-state index in [4.69, 9.17) is 9.84 Å². The van der Waals surface area contributed by atoms with Crippen molar-refractivity contribution in [3.8, 4) is 0 Å². The summed E-state index contributed by atoms with van der Waals surface area (Å²) in [5, 5.41) is 8.85. The lowest BCUT2D eigenvalue weighted by Crippen LogP contribution is -2.45. The number of halogens is 1. The van der Waals surface area contributed by atoms with Crippen molar-refractivity contribution in [2.75, 3.05) is 13.2 Å². The zero-order chi connectivity index (χ0) is 14.0. The van der Waals surface area contributed by atoms with Crippen LogP contribution in [0.25, 0.3) is 0 Å². The van der Waals surface area contributed by atoms with Gasteiger partial charge in [0.2, 0.25) is 0 Å². The number of ether oxygens (including phenoxy) is 1. The first-order valence-electron chi connectivity index (χ1n) is 5.41. The van der Waals surface area contributed by atoms with Crippen LogP contribution in [-0.2, 0) is 20.9 Å². The Morgan fingerprint density at radius 1 is 1.32 bits per heavy atom. The van der Waals surface area contributed by atoms with Crippen LogP contribution in [0.3, 0.4) is 0 Å². The standard InChI is InChI=1S/C12H10BrNO5/c13-9-3-7(12(17)18)1-2-8(9)4-14-10(15)5-19-6-11(14)16/h1-3H,4-6H2,(H,17,18). The van der Waals surface area contributed by atoms with Crippen molar-refractivity contribution in [2.24, 2.45) is 0 Å². The molecule has 0 unspecified atom stereocenters. The van der Waals surface area contributed by atoms with Gasteiger partial charge in [0.15, 0.2) is 0 Å². The molecule has 1 N–H and O–H groups in total. The lowest BCUT2D eigenvalue weighted by Gasteiger charge is -2.25. The summed E-state index contributed by atoms with van der Waals surface area (Å²) in [7, 11) is 0. The van der Waals surface area contributed by atoms with Gasteiger partial charge in [-0.1, -0.05) is 22.0 Å². The lowest BCUT2D eigenvalue weighted by atomic mass is 10.1. The van der Waals surface area contributed by atoms with Crippen molar-refractivity contribution in [3.63, 3.8) is 0 Å². The summed E-state index contributed by atoms with van der Waals surface area (Å²) in [6.45, 7) is -0.130. The fraction of sp³-hybridized carbons (Fsp3) is 0.250. The molecular weight excluding hydrogens is 318 g/mol. The average molecular weight is 328 g/mol. The van der Waals surface area contributed by atoms with E-state index in [1.165, 1.54) is 12.1 Å². The zero-order valence-electron chi connectivity index (χ0n) is 9.76. The molecule has 1 heterocycles. The highest BCUT2D eigenvalue weighted by atomic mass is 79.9. The normalized spacial score (nSPS) is 15.7. The van der Waals surface area contributed by atoms with Crippen LogP contribution in [0.4, 0.5) is 0 Å². The Morgan fingerprint density at radius 2 is 1.95 bits per heavy atom. The second kappa shape index (κ2) is 5.50. The molecular formula is C12H10BrNO5. The molecule has 1 aliphatic heterocycles. The Hall–Kier alpha value is -1.73. The number of carbonyl (C=O) groups excluding carboxylic acids is 2. The van der Waals surface area contributed by atoms with E-state index in [0.717, 1.165) is 4.90 Å². The number of amides is 2. The fourth-order valence-electron chi connectivity index (χ4n) is 1.68. The number of carbonyl (C=O) groups is 3. The molecule has 2 rings (SSSR count). The molecule has 0 radical (unpaired) electrons. The summed E-state index contributed by atoms with van der Waals surface area (Å²) in [5.74, 6) is -1.83. The monoisotopic (exact) mass is 327 g/mol. The van der Waals surface area contributed by atoms with E-state index in [-0.39, 0.29) is 25.3 Å². The molecule has 0 aliphatic carbocycles. The Morgan fingerprint density at radius 3 is 2.47 bits per heavy atom. The topological polar surface area (TPSA) is 83.9 Å². The summed E-state index contributed by atoms with van der Waals surface area (Å²) < 4.78 is 5.35. The number of aromatic carboxylic acids is 1. The minimum Gasteiger partial charge on any atom is -0.478 e. The number of morpholine rings is 1. The number of carboxylic acid groups (broad SMARTS) is 1. The largest absolute Gasteiger partial charge is 0.478 e. The molecule has 1 aromatic rings. The maximum absolute atomic E-state index is 11.6. The summed E-state index contributed by atoms with van der Waals surface area (Å²) in [6, 6.07) is 4.44. The van der Waals surface area contributed by atoms with E-state index in [9.17, 15) is 14.4 Å². The van der Waals surface area contributed by atoms with Crippen LogP contribution in [0.15, 0.2) is 22.7 Å². The van der Waals surface area contributed by atoms with Gasteiger partial charge in [0.1, 0.15) is 13.2 Å². The predicted octanol–water partition coefficient (Wildman–Crippen LogP) is 1.03. The van der Waals surface area contributed by atoms with Gasteiger partial charge in [-0.25, -0.2) is 4.79 Å². The highest BCUT2D eigenvalue weighted by Gasteiger charge is 2.27. The minimum absolute atomic E-state index is 0.0987. The number of hydrogen-bond donors (Lipinski definition) is 1. The molecule has 1 aromatic carbocycles. The number of carboxylic acids is 1. The van der Waals surface area contributed by atoms with Crippen LogP contribution in [0.1, 0.15) is 15.9 Å². The molecule has 7 heteroatoms. The number of benzene rings is 1. The maximum Gasteiger partial charge on any atom is 0.335 e. The molecule has 0 bridgehead atoms. The molecule has 0 saturated carbocycles. The molecule has 6 nitrogen and oxygen atoms in total. The van der Waals surface area contributed by atoms with Crippen molar-refractivity contribution in [2.45, 2.75) is 6.54 Å². The minimum atomic E-state index is -1.04.